The lowest BCUT2D eigenvalue weighted by atomic mass is 9.97. The van der Waals surface area contributed by atoms with E-state index in [1.807, 2.05) is 23.1 Å². The second-order valence-corrected chi connectivity index (χ2v) is 8.71. The zero-order valence-electron chi connectivity index (χ0n) is 19.4. The molecule has 1 aromatic carbocycles. The van der Waals surface area contributed by atoms with Crippen molar-refractivity contribution in [3.8, 4) is 11.5 Å². The molecular weight excluding hydrogens is 392 g/mol. The van der Waals surface area contributed by atoms with E-state index in [0.29, 0.717) is 24.7 Å². The van der Waals surface area contributed by atoms with Crippen LogP contribution < -0.4 is 9.47 Å². The highest BCUT2D eigenvalue weighted by Crippen LogP contribution is 2.36. The van der Waals surface area contributed by atoms with Gasteiger partial charge < -0.3 is 19.3 Å². The fourth-order valence-corrected chi connectivity index (χ4v) is 4.72. The summed E-state index contributed by atoms with van der Waals surface area (Å²) in [5, 5.41) is 0. The summed E-state index contributed by atoms with van der Waals surface area (Å²) in [6.07, 6.45) is 9.44. The van der Waals surface area contributed by atoms with Crippen LogP contribution in [0.2, 0.25) is 0 Å². The molecule has 1 aliphatic carbocycles. The lowest BCUT2D eigenvalue weighted by molar-refractivity contribution is -0.159. The highest BCUT2D eigenvalue weighted by atomic mass is 16.5. The monoisotopic (exact) mass is 430 g/mol. The molecule has 1 atom stereocenters. The van der Waals surface area contributed by atoms with Crippen LogP contribution in [0.25, 0.3) is 0 Å². The molecule has 2 fully saturated rings. The minimum Gasteiger partial charge on any atom is -0.493 e. The van der Waals surface area contributed by atoms with Crippen molar-refractivity contribution in [2.45, 2.75) is 83.7 Å². The maximum atomic E-state index is 13.8. The zero-order valence-corrected chi connectivity index (χ0v) is 19.4. The van der Waals surface area contributed by atoms with Crippen molar-refractivity contribution in [3.05, 3.63) is 23.8 Å². The molecule has 3 rings (SSSR count). The van der Waals surface area contributed by atoms with Gasteiger partial charge in [-0.05, 0) is 43.4 Å². The van der Waals surface area contributed by atoms with E-state index < -0.39 is 6.04 Å². The molecule has 172 valence electrons. The summed E-state index contributed by atoms with van der Waals surface area (Å²) in [5.74, 6) is 1.37. The second-order valence-electron chi connectivity index (χ2n) is 8.71. The number of methoxy groups -OCH3 is 1. The third-order valence-electron chi connectivity index (χ3n) is 6.44. The van der Waals surface area contributed by atoms with Gasteiger partial charge in [0.25, 0.3) is 5.91 Å². The first-order valence-electron chi connectivity index (χ1n) is 12.0. The van der Waals surface area contributed by atoms with Crippen LogP contribution >= 0.6 is 0 Å². The number of hydrogen-bond acceptors (Lipinski definition) is 4. The van der Waals surface area contributed by atoms with Crippen molar-refractivity contribution in [1.82, 2.24) is 9.80 Å². The standard InChI is InChI=1S/C25H38N2O4/c1-4-6-15-26-23(28)18-27(20-11-9-7-8-10-12-20)25(29)24(26)19-13-14-21(31-16-5-2)22(17-19)30-3/h13-14,17,20,24H,4-12,15-16,18H2,1-3H3/t24-/m1/s1. The van der Waals surface area contributed by atoms with E-state index in [2.05, 4.69) is 13.8 Å². The second kappa shape index (κ2) is 11.4. The molecule has 6 nitrogen and oxygen atoms in total. The molecule has 2 aliphatic rings. The quantitative estimate of drug-likeness (QED) is 0.532. The number of piperazine rings is 1. The Hall–Kier alpha value is -2.24. The molecule has 0 radical (unpaired) electrons. The molecule has 1 saturated carbocycles. The van der Waals surface area contributed by atoms with Crippen LogP contribution in [0, 0.1) is 0 Å². The van der Waals surface area contributed by atoms with Crippen molar-refractivity contribution in [2.24, 2.45) is 0 Å². The van der Waals surface area contributed by atoms with Crippen molar-refractivity contribution < 1.29 is 19.1 Å². The van der Waals surface area contributed by atoms with Crippen molar-refractivity contribution >= 4 is 11.8 Å². The van der Waals surface area contributed by atoms with Gasteiger partial charge in [0.05, 0.1) is 13.7 Å². The Balaban J connectivity index is 1.93. The summed E-state index contributed by atoms with van der Waals surface area (Å²) in [7, 11) is 1.61. The molecule has 0 aromatic heterocycles. The Morgan fingerprint density at radius 2 is 1.74 bits per heavy atom. The molecule has 0 unspecified atom stereocenters. The molecule has 1 saturated heterocycles. The Bertz CT molecular complexity index is 743. The maximum absolute atomic E-state index is 13.8. The molecule has 6 heteroatoms. The normalized spacial score (nSPS) is 20.7. The number of nitrogens with zero attached hydrogens (tertiary/aromatic N) is 2. The van der Waals surface area contributed by atoms with Crippen LogP contribution in [-0.4, -0.2) is 54.5 Å². The van der Waals surface area contributed by atoms with Gasteiger partial charge in [-0.25, -0.2) is 0 Å². The number of amides is 2. The molecule has 1 aromatic rings. The fourth-order valence-electron chi connectivity index (χ4n) is 4.72. The molecular formula is C25H38N2O4. The molecule has 1 aliphatic heterocycles. The predicted molar refractivity (Wildman–Crippen MR) is 121 cm³/mol. The summed E-state index contributed by atoms with van der Waals surface area (Å²) in [4.78, 5) is 30.6. The minimum atomic E-state index is -0.592. The highest BCUT2D eigenvalue weighted by molar-refractivity contribution is 5.96. The molecule has 0 spiro atoms. The summed E-state index contributed by atoms with van der Waals surface area (Å²) >= 11 is 0. The smallest absolute Gasteiger partial charge is 0.250 e. The Morgan fingerprint density at radius 3 is 2.39 bits per heavy atom. The predicted octanol–water partition coefficient (Wildman–Crippen LogP) is 4.72. The minimum absolute atomic E-state index is 0.0480. The van der Waals surface area contributed by atoms with Gasteiger partial charge >= 0.3 is 0 Å². The van der Waals surface area contributed by atoms with Crippen LogP contribution in [0.5, 0.6) is 11.5 Å². The number of ether oxygens (including phenoxy) is 2. The van der Waals surface area contributed by atoms with Gasteiger partial charge in [0.2, 0.25) is 5.91 Å². The van der Waals surface area contributed by atoms with E-state index in [-0.39, 0.29) is 24.4 Å². The zero-order chi connectivity index (χ0) is 22.2. The SMILES string of the molecule is CCCCN1C(=O)CN(C2CCCCCC2)C(=O)[C@H]1c1ccc(OCCC)c(OC)c1. The van der Waals surface area contributed by atoms with Gasteiger partial charge in [-0.1, -0.05) is 52.0 Å². The number of benzene rings is 1. The number of rotatable bonds is 9. The van der Waals surface area contributed by atoms with Crippen LogP contribution in [0.15, 0.2) is 18.2 Å². The Kier molecular flexibility index (Phi) is 8.61. The van der Waals surface area contributed by atoms with E-state index in [0.717, 1.165) is 50.5 Å². The number of hydrogen-bond donors (Lipinski definition) is 0. The van der Waals surface area contributed by atoms with E-state index in [1.54, 1.807) is 12.0 Å². The van der Waals surface area contributed by atoms with Crippen LogP contribution in [0.3, 0.4) is 0 Å². The third kappa shape index (κ3) is 5.52. The summed E-state index contributed by atoms with van der Waals surface area (Å²) in [6, 6.07) is 5.23. The Labute approximate surface area is 186 Å². The molecule has 2 amide bonds. The first-order valence-corrected chi connectivity index (χ1v) is 12.0. The first-order chi connectivity index (χ1) is 15.1. The van der Waals surface area contributed by atoms with Gasteiger partial charge in [0, 0.05) is 12.6 Å². The molecule has 0 N–H and O–H groups in total. The van der Waals surface area contributed by atoms with Crippen LogP contribution in [0.1, 0.15) is 83.2 Å². The maximum Gasteiger partial charge on any atom is 0.250 e. The van der Waals surface area contributed by atoms with Crippen molar-refractivity contribution in [1.29, 1.82) is 0 Å². The molecule has 0 bridgehead atoms. The number of unbranched alkanes of at least 4 members (excludes halogenated alkanes) is 1. The lowest BCUT2D eigenvalue weighted by Crippen LogP contribution is -2.58. The van der Waals surface area contributed by atoms with Gasteiger partial charge in [-0.2, -0.15) is 0 Å². The van der Waals surface area contributed by atoms with Gasteiger partial charge in [-0.15, -0.1) is 0 Å². The highest BCUT2D eigenvalue weighted by Gasteiger charge is 2.42. The molecule has 1 heterocycles. The topological polar surface area (TPSA) is 59.1 Å². The van der Waals surface area contributed by atoms with Crippen LogP contribution in [0.4, 0.5) is 0 Å². The third-order valence-corrected chi connectivity index (χ3v) is 6.44. The van der Waals surface area contributed by atoms with Gasteiger partial charge in [0.1, 0.15) is 12.6 Å². The number of carbonyl (C=O) groups excluding carboxylic acids is 2. The van der Waals surface area contributed by atoms with Crippen molar-refractivity contribution in [2.75, 3.05) is 26.8 Å². The van der Waals surface area contributed by atoms with E-state index in [9.17, 15) is 9.59 Å². The van der Waals surface area contributed by atoms with Gasteiger partial charge in [0.15, 0.2) is 11.5 Å². The fraction of sp³-hybridized carbons (Fsp3) is 0.680. The lowest BCUT2D eigenvalue weighted by Gasteiger charge is -2.43. The van der Waals surface area contributed by atoms with E-state index in [1.165, 1.54) is 12.8 Å². The van der Waals surface area contributed by atoms with E-state index >= 15 is 0 Å². The Morgan fingerprint density at radius 1 is 1.00 bits per heavy atom. The van der Waals surface area contributed by atoms with Crippen molar-refractivity contribution in [3.63, 3.8) is 0 Å². The van der Waals surface area contributed by atoms with Gasteiger partial charge in [-0.3, -0.25) is 9.59 Å². The summed E-state index contributed by atoms with van der Waals surface area (Å²) in [6.45, 7) is 5.57. The number of carbonyl (C=O) groups is 2. The average molecular weight is 431 g/mol. The summed E-state index contributed by atoms with van der Waals surface area (Å²) < 4.78 is 11.3. The molecule has 31 heavy (non-hydrogen) atoms. The van der Waals surface area contributed by atoms with E-state index in [4.69, 9.17) is 9.47 Å². The average Bonchev–Trinajstić information content (AvgIpc) is 3.07. The van der Waals surface area contributed by atoms with Crippen LogP contribution in [-0.2, 0) is 9.59 Å². The summed E-state index contributed by atoms with van der Waals surface area (Å²) in [5.41, 5.74) is 0.800. The first kappa shape index (κ1) is 23.4. The largest absolute Gasteiger partial charge is 0.493 e.